The number of nitrogens with two attached hydrogens (primary N) is 1. The molecule has 0 aromatic heterocycles. The lowest BCUT2D eigenvalue weighted by Gasteiger charge is -2.27. The van der Waals surface area contributed by atoms with E-state index in [1.807, 2.05) is 60.7 Å². The Morgan fingerprint density at radius 2 is 1.58 bits per heavy atom. The van der Waals surface area contributed by atoms with Gasteiger partial charge in [0.25, 0.3) is 0 Å². The second-order valence-corrected chi connectivity index (χ2v) is 9.73. The molecule has 5 N–H and O–H groups in total. The number of nitrogens with zero attached hydrogens (tertiary/aromatic N) is 1. The minimum absolute atomic E-state index is 0.0395. The Morgan fingerprint density at radius 3 is 1.94 bits per heavy atom. The van der Waals surface area contributed by atoms with E-state index >= 15 is 0 Å². The molecular weight excluding hydrogens is 423 g/mol. The van der Waals surface area contributed by atoms with Gasteiger partial charge in [0.1, 0.15) is 6.04 Å². The Morgan fingerprint density at radius 1 is 1.10 bits per heavy atom. The van der Waals surface area contributed by atoms with Crippen LogP contribution in [-0.2, 0) is 24.6 Å². The first-order valence-corrected chi connectivity index (χ1v) is 11.7. The summed E-state index contributed by atoms with van der Waals surface area (Å²) < 4.78 is 10.6. The van der Waals surface area contributed by atoms with Gasteiger partial charge < -0.3 is 25.7 Å². The van der Waals surface area contributed by atoms with E-state index < -0.39 is 31.0 Å². The van der Waals surface area contributed by atoms with Gasteiger partial charge in [-0.05, 0) is 6.42 Å². The van der Waals surface area contributed by atoms with Crippen LogP contribution in [0.5, 0.6) is 0 Å². The van der Waals surface area contributed by atoms with Gasteiger partial charge in [0.15, 0.2) is 18.7 Å². The quantitative estimate of drug-likeness (QED) is 0.470. The van der Waals surface area contributed by atoms with E-state index in [1.165, 1.54) is 6.66 Å². The van der Waals surface area contributed by atoms with Crippen LogP contribution >= 0.6 is 7.37 Å². The van der Waals surface area contributed by atoms with Crippen molar-refractivity contribution >= 4 is 25.0 Å². The molecule has 0 spiro atoms. The van der Waals surface area contributed by atoms with Crippen LogP contribution in [0.4, 0.5) is 0 Å². The van der Waals surface area contributed by atoms with Crippen molar-refractivity contribution in [3.63, 3.8) is 0 Å². The predicted octanol–water partition coefficient (Wildman–Crippen LogP) is 2.48. The molecule has 0 fully saturated rings. The van der Waals surface area contributed by atoms with Crippen molar-refractivity contribution in [2.45, 2.75) is 24.5 Å². The number of hydrogen-bond acceptors (Lipinski definition) is 6. The molecule has 0 radical (unpaired) electrons. The van der Waals surface area contributed by atoms with Gasteiger partial charge in [-0.15, -0.1) is 0 Å². The third-order valence-corrected chi connectivity index (χ3v) is 5.72. The van der Waals surface area contributed by atoms with E-state index in [2.05, 4.69) is 5.16 Å². The van der Waals surface area contributed by atoms with Crippen LogP contribution in [0.25, 0.3) is 0 Å². The van der Waals surface area contributed by atoms with Gasteiger partial charge in [-0.3, -0.25) is 9.36 Å². The molecule has 2 unspecified atom stereocenters. The van der Waals surface area contributed by atoms with Crippen molar-refractivity contribution in [1.29, 1.82) is 0 Å². The highest BCUT2D eigenvalue weighted by Gasteiger charge is 2.44. The van der Waals surface area contributed by atoms with Gasteiger partial charge in [0.05, 0.1) is 6.42 Å². The lowest BCUT2D eigenvalue weighted by molar-refractivity contribution is -0.138. The first-order valence-electron chi connectivity index (χ1n) is 9.42. The molecule has 2 atom stereocenters. The average Bonchev–Trinajstić information content (AvgIpc) is 3.20. The highest BCUT2D eigenvalue weighted by molar-refractivity contribution is 7.57. The lowest BCUT2D eigenvalue weighted by Crippen LogP contribution is -2.30. The van der Waals surface area contributed by atoms with E-state index in [1.54, 1.807) is 0 Å². The maximum atomic E-state index is 11.1. The summed E-state index contributed by atoms with van der Waals surface area (Å²) in [6, 6.07) is 18.1. The smallest absolute Gasteiger partial charge is 0.353 e. The second kappa shape index (κ2) is 10.3. The van der Waals surface area contributed by atoms with Gasteiger partial charge in [0.2, 0.25) is 0 Å². The number of oxime groups is 1. The van der Waals surface area contributed by atoms with Gasteiger partial charge in [-0.1, -0.05) is 65.8 Å². The summed E-state index contributed by atoms with van der Waals surface area (Å²) in [7, 11) is -3.10. The Bertz CT molecular complexity index is 934. The number of hydrogen-bond donors (Lipinski definition) is 4. The zero-order chi connectivity index (χ0) is 23.1. The maximum Gasteiger partial charge on any atom is 0.353 e. The largest absolute Gasteiger partial charge is 0.480 e. The SMILES string of the molecule is CP(=O)(O)CCC(N)C(=O)O.O=C(O)C1=NOC(c2ccccc2)(c2ccccc2)C1. The van der Waals surface area contributed by atoms with Crippen molar-refractivity contribution in [2.24, 2.45) is 10.9 Å². The predicted molar refractivity (Wildman–Crippen MR) is 115 cm³/mol. The Labute approximate surface area is 179 Å². The number of benzene rings is 2. The molecular formula is C21H25N2O7P. The van der Waals surface area contributed by atoms with E-state index in [9.17, 15) is 14.2 Å². The van der Waals surface area contributed by atoms with Gasteiger partial charge in [-0.25, -0.2) is 4.79 Å². The Kier molecular flexibility index (Phi) is 8.10. The topological polar surface area (TPSA) is 160 Å². The van der Waals surface area contributed by atoms with Crippen molar-refractivity contribution < 1.29 is 34.1 Å². The molecule has 1 aliphatic heterocycles. The van der Waals surface area contributed by atoms with Crippen molar-refractivity contribution in [3.8, 4) is 0 Å². The van der Waals surface area contributed by atoms with Crippen LogP contribution in [-0.4, -0.2) is 51.6 Å². The maximum absolute atomic E-state index is 11.1. The molecule has 0 bridgehead atoms. The molecule has 0 saturated carbocycles. The molecule has 9 nitrogen and oxygen atoms in total. The first kappa shape index (κ1) is 24.3. The Balaban J connectivity index is 0.000000267. The summed E-state index contributed by atoms with van der Waals surface area (Å²) >= 11 is 0. The lowest BCUT2D eigenvalue weighted by atomic mass is 9.82. The zero-order valence-corrected chi connectivity index (χ0v) is 17.8. The summed E-state index contributed by atoms with van der Waals surface area (Å²) in [4.78, 5) is 35.6. The summed E-state index contributed by atoms with van der Waals surface area (Å²) in [6.45, 7) is 1.18. The summed E-state index contributed by atoms with van der Waals surface area (Å²) in [5.74, 6) is -2.18. The van der Waals surface area contributed by atoms with Crippen LogP contribution in [0.2, 0.25) is 0 Å². The number of carboxylic acids is 2. The van der Waals surface area contributed by atoms with Gasteiger partial charge in [-0.2, -0.15) is 0 Å². The zero-order valence-electron chi connectivity index (χ0n) is 16.9. The average molecular weight is 448 g/mol. The van der Waals surface area contributed by atoms with Crippen molar-refractivity contribution in [1.82, 2.24) is 0 Å². The van der Waals surface area contributed by atoms with Crippen molar-refractivity contribution in [2.75, 3.05) is 12.8 Å². The van der Waals surface area contributed by atoms with Crippen LogP contribution in [0.1, 0.15) is 24.0 Å². The molecule has 0 aliphatic carbocycles. The van der Waals surface area contributed by atoms with Gasteiger partial charge in [0, 0.05) is 24.0 Å². The molecule has 166 valence electrons. The highest BCUT2D eigenvalue weighted by atomic mass is 31.2. The fourth-order valence-corrected chi connectivity index (χ4v) is 3.70. The standard InChI is InChI=1S/C16H13NO3.C5H12NO4P/c18-15(19)14-11-16(20-17-14,12-7-3-1-4-8-12)13-9-5-2-6-10-13;1-11(9,10)3-2-4(6)5(7)8/h1-10H,11H2,(H,18,19);4H,2-3,6H2,1H3,(H,7,8)(H,9,10). The fourth-order valence-electron chi connectivity index (χ4n) is 2.94. The second-order valence-electron chi connectivity index (χ2n) is 7.18. The fraction of sp³-hybridized carbons (Fsp3) is 0.286. The third kappa shape index (κ3) is 6.75. The molecule has 3 rings (SSSR count). The first-order chi connectivity index (χ1) is 14.5. The molecule has 2 aromatic carbocycles. The number of rotatable bonds is 7. The normalized spacial score (nSPS) is 17.2. The monoisotopic (exact) mass is 448 g/mol. The number of aliphatic carboxylic acids is 2. The molecule has 2 aromatic rings. The molecule has 1 aliphatic rings. The van der Waals surface area contributed by atoms with E-state index in [4.69, 9.17) is 25.7 Å². The van der Waals surface area contributed by atoms with Crippen LogP contribution in [0, 0.1) is 0 Å². The molecule has 31 heavy (non-hydrogen) atoms. The Hall–Kier alpha value is -3.00. The van der Waals surface area contributed by atoms with Crippen LogP contribution < -0.4 is 5.73 Å². The van der Waals surface area contributed by atoms with E-state index in [-0.39, 0.29) is 24.7 Å². The van der Waals surface area contributed by atoms with Crippen molar-refractivity contribution in [3.05, 3.63) is 71.8 Å². The van der Waals surface area contributed by atoms with Gasteiger partial charge >= 0.3 is 11.9 Å². The minimum Gasteiger partial charge on any atom is -0.480 e. The highest BCUT2D eigenvalue weighted by Crippen LogP contribution is 2.41. The summed E-state index contributed by atoms with van der Waals surface area (Å²) in [5, 5.41) is 21.2. The van der Waals surface area contributed by atoms with Crippen LogP contribution in [0.3, 0.4) is 0 Å². The van der Waals surface area contributed by atoms with Crippen LogP contribution in [0.15, 0.2) is 65.8 Å². The van der Waals surface area contributed by atoms with E-state index in [0.717, 1.165) is 11.1 Å². The summed E-state index contributed by atoms with van der Waals surface area (Å²) in [5.41, 5.74) is 6.07. The third-order valence-electron chi connectivity index (χ3n) is 4.63. The number of carboxylic acid groups (broad SMARTS) is 2. The molecule has 0 saturated heterocycles. The summed E-state index contributed by atoms with van der Waals surface area (Å²) in [6.07, 6.45) is 0.219. The number of carbonyl (C=O) groups is 2. The molecule has 0 amide bonds. The molecule has 1 heterocycles. The van der Waals surface area contributed by atoms with E-state index in [0.29, 0.717) is 0 Å². The minimum atomic E-state index is -3.10. The molecule has 10 heteroatoms.